The first-order chi connectivity index (χ1) is 9.51. The highest BCUT2D eigenvalue weighted by Gasteiger charge is 2.16. The zero-order valence-corrected chi connectivity index (χ0v) is 12.6. The summed E-state index contributed by atoms with van der Waals surface area (Å²) in [7, 11) is 1.88. The van der Waals surface area contributed by atoms with Gasteiger partial charge in [-0.15, -0.1) is 0 Å². The normalized spacial score (nSPS) is 11.4. The minimum atomic E-state index is 0.390. The Morgan fingerprint density at radius 2 is 1.95 bits per heavy atom. The summed E-state index contributed by atoms with van der Waals surface area (Å²) in [6.07, 6.45) is 2.72. The van der Waals surface area contributed by atoms with Crippen LogP contribution in [0.3, 0.4) is 0 Å². The molecule has 0 spiro atoms. The lowest BCUT2D eigenvalue weighted by atomic mass is 10.2. The van der Waals surface area contributed by atoms with Gasteiger partial charge < -0.3 is 5.73 Å². The molecule has 0 aliphatic rings. The smallest absolute Gasteiger partial charge is 0.206 e. The van der Waals surface area contributed by atoms with E-state index >= 15 is 0 Å². The maximum Gasteiger partial charge on any atom is 0.206 e. The van der Waals surface area contributed by atoms with Gasteiger partial charge in [-0.3, -0.25) is 9.25 Å². The molecule has 0 radical (unpaired) electrons. The lowest BCUT2D eigenvalue weighted by Crippen LogP contribution is -2.02. The summed E-state index contributed by atoms with van der Waals surface area (Å²) < 4.78 is 3.61. The molecule has 0 saturated heterocycles. The molecule has 5 nitrogen and oxygen atoms in total. The zero-order chi connectivity index (χ0) is 14.4. The van der Waals surface area contributed by atoms with Crippen LogP contribution in [0.15, 0.2) is 18.3 Å². The molecule has 2 aromatic heterocycles. The molecule has 0 unspecified atom stereocenters. The second-order valence-electron chi connectivity index (χ2n) is 4.55. The third-order valence-corrected chi connectivity index (χ3v) is 3.90. The van der Waals surface area contributed by atoms with E-state index in [2.05, 4.69) is 10.1 Å². The van der Waals surface area contributed by atoms with Gasteiger partial charge in [0.05, 0.1) is 32.5 Å². The molecular formula is C13H13Cl2N5. The number of nitrogen functional groups attached to an aromatic ring is 1. The minimum Gasteiger partial charge on any atom is -0.369 e. The largest absolute Gasteiger partial charge is 0.369 e. The van der Waals surface area contributed by atoms with Crippen molar-refractivity contribution in [2.75, 3.05) is 5.73 Å². The second-order valence-corrected chi connectivity index (χ2v) is 5.36. The van der Waals surface area contributed by atoms with E-state index in [0.29, 0.717) is 21.5 Å². The van der Waals surface area contributed by atoms with Crippen LogP contribution < -0.4 is 5.73 Å². The van der Waals surface area contributed by atoms with Gasteiger partial charge >= 0.3 is 0 Å². The molecule has 0 aliphatic heterocycles. The van der Waals surface area contributed by atoms with Crippen molar-refractivity contribution in [3.63, 3.8) is 0 Å². The van der Waals surface area contributed by atoms with E-state index in [9.17, 15) is 0 Å². The van der Waals surface area contributed by atoms with Crippen LogP contribution in [-0.2, 0) is 13.5 Å². The Morgan fingerprint density at radius 1 is 1.25 bits per heavy atom. The van der Waals surface area contributed by atoms with Gasteiger partial charge in [-0.2, -0.15) is 5.10 Å². The Kier molecular flexibility index (Phi) is 3.11. The summed E-state index contributed by atoms with van der Waals surface area (Å²) >= 11 is 12.1. The van der Waals surface area contributed by atoms with Gasteiger partial charge in [0.1, 0.15) is 0 Å². The first-order valence-corrected chi connectivity index (χ1v) is 6.92. The maximum absolute atomic E-state index is 6.10. The summed E-state index contributed by atoms with van der Waals surface area (Å²) in [6, 6.07) is 3.49. The number of halogens is 2. The van der Waals surface area contributed by atoms with Gasteiger partial charge in [-0.1, -0.05) is 30.1 Å². The van der Waals surface area contributed by atoms with Gasteiger partial charge in [0.25, 0.3) is 0 Å². The van der Waals surface area contributed by atoms with Crippen molar-refractivity contribution in [2.45, 2.75) is 13.3 Å². The van der Waals surface area contributed by atoms with Gasteiger partial charge in [0.2, 0.25) is 5.95 Å². The lowest BCUT2D eigenvalue weighted by molar-refractivity contribution is 0.746. The number of nitrogens with two attached hydrogens (primary N) is 1. The molecule has 2 heterocycles. The minimum absolute atomic E-state index is 0.390. The molecule has 3 aromatic rings. The van der Waals surface area contributed by atoms with Crippen LogP contribution in [0.4, 0.5) is 5.95 Å². The molecule has 104 valence electrons. The molecule has 0 fully saturated rings. The molecule has 20 heavy (non-hydrogen) atoms. The molecule has 0 aliphatic carbocycles. The number of rotatable bonds is 2. The van der Waals surface area contributed by atoms with Gasteiger partial charge in [0, 0.05) is 13.2 Å². The Bertz CT molecular complexity index is 803. The number of fused-ring (bicyclic) bond motifs is 1. The average Bonchev–Trinajstić information content (AvgIpc) is 2.89. The fourth-order valence-corrected chi connectivity index (χ4v) is 2.62. The van der Waals surface area contributed by atoms with E-state index in [1.165, 1.54) is 0 Å². The highest BCUT2D eigenvalue weighted by Crippen LogP contribution is 2.31. The summed E-state index contributed by atoms with van der Waals surface area (Å²) in [6.45, 7) is 2.05. The van der Waals surface area contributed by atoms with Gasteiger partial charge in [-0.05, 0) is 18.6 Å². The van der Waals surface area contributed by atoms with Crippen molar-refractivity contribution < 1.29 is 0 Å². The van der Waals surface area contributed by atoms with Crippen LogP contribution >= 0.6 is 23.2 Å². The van der Waals surface area contributed by atoms with Crippen molar-refractivity contribution in [3.8, 4) is 5.69 Å². The van der Waals surface area contributed by atoms with Crippen LogP contribution in [0.2, 0.25) is 10.0 Å². The second kappa shape index (κ2) is 4.68. The molecular weight excluding hydrogens is 297 g/mol. The van der Waals surface area contributed by atoms with E-state index in [1.807, 2.05) is 24.7 Å². The van der Waals surface area contributed by atoms with Crippen LogP contribution in [0.1, 0.15) is 12.6 Å². The summed E-state index contributed by atoms with van der Waals surface area (Å²) in [5.74, 6) is 0.390. The lowest BCUT2D eigenvalue weighted by Gasteiger charge is -2.06. The number of anilines is 1. The van der Waals surface area contributed by atoms with Crippen LogP contribution in [0.25, 0.3) is 16.7 Å². The van der Waals surface area contributed by atoms with Crippen molar-refractivity contribution in [1.29, 1.82) is 0 Å². The van der Waals surface area contributed by atoms with Crippen LogP contribution in [0.5, 0.6) is 0 Å². The monoisotopic (exact) mass is 309 g/mol. The molecule has 0 amide bonds. The topological polar surface area (TPSA) is 61.7 Å². The van der Waals surface area contributed by atoms with E-state index in [1.54, 1.807) is 16.8 Å². The molecule has 0 saturated carbocycles. The number of aryl methyl sites for hydroxylation is 2. The number of hydrogen-bond acceptors (Lipinski definition) is 3. The van der Waals surface area contributed by atoms with Crippen LogP contribution in [0, 0.1) is 0 Å². The zero-order valence-electron chi connectivity index (χ0n) is 11.1. The molecule has 1 aromatic carbocycles. The number of aromatic nitrogens is 4. The molecule has 2 N–H and O–H groups in total. The van der Waals surface area contributed by atoms with E-state index in [4.69, 9.17) is 28.9 Å². The van der Waals surface area contributed by atoms with Crippen molar-refractivity contribution in [2.24, 2.45) is 7.05 Å². The standard InChI is InChI=1S/C13H13Cl2N5/c1-3-9-12(6-19(2)18-9)20-11-5-8(15)7(14)4-10(11)17-13(20)16/h4-6H,3H2,1-2H3,(H2,16,17). The Balaban J connectivity index is 2.35. The number of benzene rings is 1. The molecule has 0 atom stereocenters. The number of nitrogens with zero attached hydrogens (tertiary/aromatic N) is 4. The Hall–Kier alpha value is -1.72. The third kappa shape index (κ3) is 1.94. The summed E-state index contributed by atoms with van der Waals surface area (Å²) in [5.41, 5.74) is 9.44. The summed E-state index contributed by atoms with van der Waals surface area (Å²) in [4.78, 5) is 4.34. The van der Waals surface area contributed by atoms with Crippen molar-refractivity contribution >= 4 is 40.2 Å². The SMILES string of the molecule is CCc1nn(C)cc1-n1c(N)nc2cc(Cl)c(Cl)cc21. The van der Waals surface area contributed by atoms with E-state index in [-0.39, 0.29) is 0 Å². The maximum atomic E-state index is 6.10. The van der Waals surface area contributed by atoms with Crippen LogP contribution in [-0.4, -0.2) is 19.3 Å². The first kappa shape index (κ1) is 13.3. The fourth-order valence-electron chi connectivity index (χ4n) is 2.31. The fraction of sp³-hybridized carbons (Fsp3) is 0.231. The highest BCUT2D eigenvalue weighted by molar-refractivity contribution is 6.42. The van der Waals surface area contributed by atoms with E-state index in [0.717, 1.165) is 23.3 Å². The first-order valence-electron chi connectivity index (χ1n) is 6.17. The molecule has 0 bridgehead atoms. The van der Waals surface area contributed by atoms with Crippen molar-refractivity contribution in [1.82, 2.24) is 19.3 Å². The predicted octanol–water partition coefficient (Wildman–Crippen LogP) is 3.21. The number of hydrogen-bond donors (Lipinski definition) is 1. The summed E-state index contributed by atoms with van der Waals surface area (Å²) in [5, 5.41) is 5.36. The van der Waals surface area contributed by atoms with E-state index < -0.39 is 0 Å². The van der Waals surface area contributed by atoms with Gasteiger partial charge in [-0.25, -0.2) is 4.98 Å². The molecule has 3 rings (SSSR count). The number of imidazole rings is 1. The Morgan fingerprint density at radius 3 is 2.65 bits per heavy atom. The third-order valence-electron chi connectivity index (χ3n) is 3.18. The van der Waals surface area contributed by atoms with Gasteiger partial charge in [0.15, 0.2) is 0 Å². The average molecular weight is 310 g/mol. The highest BCUT2D eigenvalue weighted by atomic mass is 35.5. The quantitative estimate of drug-likeness (QED) is 0.790. The Labute approximate surface area is 125 Å². The van der Waals surface area contributed by atoms with Crippen molar-refractivity contribution in [3.05, 3.63) is 34.1 Å². The predicted molar refractivity (Wildman–Crippen MR) is 81.6 cm³/mol. The molecule has 7 heteroatoms.